The first-order chi connectivity index (χ1) is 14.3. The van der Waals surface area contributed by atoms with Gasteiger partial charge in [0.25, 0.3) is 0 Å². The average molecular weight is 466 g/mol. The van der Waals surface area contributed by atoms with Gasteiger partial charge in [0.2, 0.25) is 0 Å². The van der Waals surface area contributed by atoms with E-state index in [-0.39, 0.29) is 0 Å². The molecule has 3 atom stereocenters. The van der Waals surface area contributed by atoms with E-state index in [9.17, 15) is 13.2 Å². The van der Waals surface area contributed by atoms with Crippen molar-refractivity contribution in [1.82, 2.24) is 14.9 Å². The molecule has 2 aromatic rings. The Hall–Kier alpha value is -1.60. The topological polar surface area (TPSA) is 84.8 Å². The maximum absolute atomic E-state index is 10.6. The van der Waals surface area contributed by atoms with Crippen molar-refractivity contribution in [1.29, 1.82) is 0 Å². The molecule has 7 nitrogen and oxygen atoms in total. The number of rotatable bonds is 6. The van der Waals surface area contributed by atoms with Crippen molar-refractivity contribution in [2.45, 2.75) is 44.3 Å². The van der Waals surface area contributed by atoms with Gasteiger partial charge in [0.05, 0.1) is 32.5 Å². The third-order valence-corrected chi connectivity index (χ3v) is 6.46. The van der Waals surface area contributed by atoms with Gasteiger partial charge in [0.15, 0.2) is 0 Å². The zero-order chi connectivity index (χ0) is 21.6. The van der Waals surface area contributed by atoms with E-state index in [0.717, 1.165) is 31.3 Å². The Morgan fingerprint density at radius 2 is 1.90 bits per heavy atom. The smallest absolute Gasteiger partial charge is 0.475 e. The van der Waals surface area contributed by atoms with E-state index in [1.807, 2.05) is 17.8 Å². The van der Waals surface area contributed by atoms with E-state index in [4.69, 9.17) is 19.4 Å². The summed E-state index contributed by atoms with van der Waals surface area (Å²) in [5.74, 6) is -2.26. The Bertz CT molecular complexity index is 774. The molecule has 1 saturated heterocycles. The second kappa shape index (κ2) is 10.6. The molecule has 0 bridgehead atoms. The van der Waals surface area contributed by atoms with Crippen LogP contribution in [0, 0.1) is 5.92 Å². The molecule has 1 N–H and O–H groups in total. The summed E-state index contributed by atoms with van der Waals surface area (Å²) >= 11 is 3.39. The van der Waals surface area contributed by atoms with Crippen LogP contribution in [-0.4, -0.2) is 64.0 Å². The number of aliphatic carboxylic acids is 1. The first kappa shape index (κ1) is 23.1. The van der Waals surface area contributed by atoms with E-state index in [1.165, 1.54) is 17.8 Å². The molecule has 1 saturated carbocycles. The van der Waals surface area contributed by atoms with Crippen molar-refractivity contribution in [2.24, 2.45) is 5.92 Å². The van der Waals surface area contributed by atoms with Crippen LogP contribution in [0.15, 0.2) is 23.2 Å². The molecule has 2 aliphatic rings. The molecule has 2 aromatic heterocycles. The molecule has 4 rings (SSSR count). The molecule has 0 aromatic carbocycles. The number of nitrogens with zero attached hydrogens (tertiary/aromatic N) is 3. The van der Waals surface area contributed by atoms with Crippen LogP contribution in [0.5, 0.6) is 0 Å². The number of alkyl halides is 3. The Morgan fingerprint density at radius 1 is 1.23 bits per heavy atom. The molecular formula is C18H22F3N3O4S2. The Kier molecular flexibility index (Phi) is 8.17. The molecule has 0 amide bonds. The van der Waals surface area contributed by atoms with Crippen molar-refractivity contribution in [3.8, 4) is 0 Å². The summed E-state index contributed by atoms with van der Waals surface area (Å²) in [7, 11) is 0. The number of carboxylic acids is 1. The minimum absolute atomic E-state index is 0.306. The first-order valence-electron chi connectivity index (χ1n) is 9.35. The molecule has 166 valence electrons. The van der Waals surface area contributed by atoms with Crippen LogP contribution in [0.25, 0.3) is 0 Å². The number of thiazole rings is 2. The van der Waals surface area contributed by atoms with Crippen LogP contribution < -0.4 is 0 Å². The highest BCUT2D eigenvalue weighted by Gasteiger charge is 2.42. The molecule has 1 aliphatic heterocycles. The summed E-state index contributed by atoms with van der Waals surface area (Å²) < 4.78 is 43.7. The minimum Gasteiger partial charge on any atom is -0.475 e. The van der Waals surface area contributed by atoms with Gasteiger partial charge in [-0.2, -0.15) is 13.2 Å². The molecule has 3 unspecified atom stereocenters. The predicted octanol–water partition coefficient (Wildman–Crippen LogP) is 3.43. The molecule has 30 heavy (non-hydrogen) atoms. The fourth-order valence-corrected chi connectivity index (χ4v) is 4.83. The minimum atomic E-state index is -5.08. The molecule has 1 aliphatic carbocycles. The van der Waals surface area contributed by atoms with Crippen molar-refractivity contribution in [3.63, 3.8) is 0 Å². The summed E-state index contributed by atoms with van der Waals surface area (Å²) in [6.07, 6.45) is 1.32. The zero-order valence-electron chi connectivity index (χ0n) is 16.0. The average Bonchev–Trinajstić information content (AvgIpc) is 3.44. The number of morpholine rings is 1. The fraction of sp³-hybridized carbons (Fsp3) is 0.611. The van der Waals surface area contributed by atoms with E-state index in [2.05, 4.69) is 20.2 Å². The van der Waals surface area contributed by atoms with Crippen LogP contribution in [-0.2, 0) is 27.4 Å². The Labute approximate surface area is 179 Å². The zero-order valence-corrected chi connectivity index (χ0v) is 17.6. The number of ether oxygens (including phenoxy) is 2. The van der Waals surface area contributed by atoms with Crippen LogP contribution in [0.3, 0.4) is 0 Å². The van der Waals surface area contributed by atoms with Crippen molar-refractivity contribution in [3.05, 3.63) is 33.2 Å². The number of hydrogen-bond donors (Lipinski definition) is 1. The van der Waals surface area contributed by atoms with Gasteiger partial charge in [-0.15, -0.1) is 22.7 Å². The standard InChI is InChI=1S/C16H21N3O2S2.C2HF3O2/c1-2-13-16(12(1)10-20-11-15-18-4-8-23-15)21-6-5-19(13)9-14-17-3-7-22-14;3-2(4,5)1(6)7/h3-4,7-8,12-13,16H,1-2,5-6,9-11H2;(H,6,7). The van der Waals surface area contributed by atoms with Gasteiger partial charge in [0.1, 0.15) is 10.0 Å². The Morgan fingerprint density at radius 3 is 2.50 bits per heavy atom. The number of carbonyl (C=O) groups is 1. The van der Waals surface area contributed by atoms with Gasteiger partial charge >= 0.3 is 12.1 Å². The van der Waals surface area contributed by atoms with Gasteiger partial charge in [-0.25, -0.2) is 14.8 Å². The highest BCUT2D eigenvalue weighted by atomic mass is 32.1. The van der Waals surface area contributed by atoms with Gasteiger partial charge in [0, 0.05) is 41.7 Å². The molecule has 0 radical (unpaired) electrons. The molecule has 0 spiro atoms. The van der Waals surface area contributed by atoms with E-state index < -0.39 is 12.1 Å². The van der Waals surface area contributed by atoms with Crippen molar-refractivity contribution >= 4 is 28.6 Å². The third-order valence-electron chi connectivity index (χ3n) is 4.94. The van der Waals surface area contributed by atoms with Gasteiger partial charge < -0.3 is 14.6 Å². The van der Waals surface area contributed by atoms with E-state index >= 15 is 0 Å². The maximum Gasteiger partial charge on any atom is 0.490 e. The molecule has 12 heteroatoms. The summed E-state index contributed by atoms with van der Waals surface area (Å²) in [5, 5.41) is 13.4. The largest absolute Gasteiger partial charge is 0.490 e. The quantitative estimate of drug-likeness (QED) is 0.700. The van der Waals surface area contributed by atoms with Crippen molar-refractivity contribution < 1.29 is 32.5 Å². The number of carboxylic acid groups (broad SMARTS) is 1. The number of hydrogen-bond acceptors (Lipinski definition) is 8. The van der Waals surface area contributed by atoms with Crippen LogP contribution >= 0.6 is 22.7 Å². The lowest BCUT2D eigenvalue weighted by atomic mass is 10.0. The monoisotopic (exact) mass is 465 g/mol. The lowest BCUT2D eigenvalue weighted by Crippen LogP contribution is -2.50. The molecular weight excluding hydrogens is 443 g/mol. The van der Waals surface area contributed by atoms with Crippen LogP contribution in [0.4, 0.5) is 13.2 Å². The number of aromatic nitrogens is 2. The summed E-state index contributed by atoms with van der Waals surface area (Å²) in [6.45, 7) is 4.16. The van der Waals surface area contributed by atoms with Gasteiger partial charge in [-0.1, -0.05) is 0 Å². The van der Waals surface area contributed by atoms with Gasteiger partial charge in [-0.05, 0) is 12.8 Å². The highest BCUT2D eigenvalue weighted by Crippen LogP contribution is 2.35. The lowest BCUT2D eigenvalue weighted by Gasteiger charge is -2.38. The summed E-state index contributed by atoms with van der Waals surface area (Å²) in [5.41, 5.74) is 0. The second-order valence-corrected chi connectivity index (χ2v) is 8.84. The highest BCUT2D eigenvalue weighted by molar-refractivity contribution is 7.09. The van der Waals surface area contributed by atoms with Crippen molar-refractivity contribution in [2.75, 3.05) is 19.8 Å². The third kappa shape index (κ3) is 6.45. The first-order valence-corrected chi connectivity index (χ1v) is 11.1. The maximum atomic E-state index is 10.6. The number of fused-ring (bicyclic) bond motifs is 1. The predicted molar refractivity (Wildman–Crippen MR) is 104 cm³/mol. The lowest BCUT2D eigenvalue weighted by molar-refractivity contribution is -0.192. The Balaban J connectivity index is 0.000000318. The molecule has 2 fully saturated rings. The summed E-state index contributed by atoms with van der Waals surface area (Å²) in [4.78, 5) is 20.1. The second-order valence-electron chi connectivity index (χ2n) is 6.88. The van der Waals surface area contributed by atoms with E-state index in [1.54, 1.807) is 22.7 Å². The fourth-order valence-electron chi connectivity index (χ4n) is 3.64. The normalized spacial score (nSPS) is 24.2. The summed E-state index contributed by atoms with van der Waals surface area (Å²) in [6, 6.07) is 0.515. The van der Waals surface area contributed by atoms with Crippen LogP contribution in [0.2, 0.25) is 0 Å². The number of halogens is 3. The van der Waals surface area contributed by atoms with Gasteiger partial charge in [-0.3, -0.25) is 4.90 Å². The SMILES string of the molecule is O=C(O)C(F)(F)F.c1csc(COCC2CCC3C2OCCN3Cc2nccs2)n1. The van der Waals surface area contributed by atoms with E-state index in [0.29, 0.717) is 24.7 Å². The molecule has 3 heterocycles. The van der Waals surface area contributed by atoms with Crippen LogP contribution in [0.1, 0.15) is 22.9 Å².